The highest BCUT2D eigenvalue weighted by molar-refractivity contribution is 5.74. The molecular weight excluding hydrogens is 376 g/mol. The normalized spacial score (nSPS) is 11.8. The lowest BCUT2D eigenvalue weighted by atomic mass is 9.88. The van der Waals surface area contributed by atoms with Gasteiger partial charge in [-0.2, -0.15) is 0 Å². The van der Waals surface area contributed by atoms with Crippen molar-refractivity contribution in [2.24, 2.45) is 5.92 Å². The number of carboxylic acid groups (broad SMARTS) is 1. The summed E-state index contributed by atoms with van der Waals surface area (Å²) in [6.45, 7) is 14.2. The molecule has 2 N–H and O–H groups in total. The van der Waals surface area contributed by atoms with Gasteiger partial charge in [-0.1, -0.05) is 50.6 Å². The van der Waals surface area contributed by atoms with Crippen molar-refractivity contribution < 1.29 is 15.0 Å². The molecule has 5 nitrogen and oxygen atoms in total. The molecule has 164 valence electrons. The van der Waals surface area contributed by atoms with Crippen LogP contribution >= 0.6 is 0 Å². The highest BCUT2D eigenvalue weighted by atomic mass is 16.4. The molecule has 0 spiro atoms. The van der Waals surface area contributed by atoms with Crippen molar-refractivity contribution in [1.29, 1.82) is 0 Å². The summed E-state index contributed by atoms with van der Waals surface area (Å²) in [4.78, 5) is 18.5. The van der Waals surface area contributed by atoms with Crippen LogP contribution in [0.5, 0.6) is 0 Å². The minimum Gasteiger partial charge on any atom is -0.465 e. The van der Waals surface area contributed by atoms with Gasteiger partial charge in [0.15, 0.2) is 0 Å². The van der Waals surface area contributed by atoms with Crippen LogP contribution in [-0.2, 0) is 26.0 Å². The molecule has 0 atom stereocenters. The maximum absolute atomic E-state index is 12.1. The minimum absolute atomic E-state index is 0.128. The second kappa shape index (κ2) is 9.61. The number of nitrogens with zero attached hydrogens (tertiary/aromatic N) is 2. The van der Waals surface area contributed by atoms with Gasteiger partial charge in [0.1, 0.15) is 0 Å². The SMILES string of the molecule is CCc1nc(CC(C)C)c(CN(C(=O)O)C(C)(C)C)c(-c2ccc(C)cc2)c1CO. The summed E-state index contributed by atoms with van der Waals surface area (Å²) < 4.78 is 0. The van der Waals surface area contributed by atoms with Crippen LogP contribution in [0.4, 0.5) is 4.79 Å². The Kier molecular flexibility index (Phi) is 7.64. The van der Waals surface area contributed by atoms with E-state index in [-0.39, 0.29) is 13.2 Å². The number of rotatable bonds is 7. The van der Waals surface area contributed by atoms with E-state index in [1.165, 1.54) is 4.90 Å². The van der Waals surface area contributed by atoms with Gasteiger partial charge in [-0.15, -0.1) is 0 Å². The predicted molar refractivity (Wildman–Crippen MR) is 122 cm³/mol. The van der Waals surface area contributed by atoms with E-state index in [4.69, 9.17) is 4.98 Å². The van der Waals surface area contributed by atoms with Gasteiger partial charge in [0.25, 0.3) is 0 Å². The average molecular weight is 413 g/mol. The average Bonchev–Trinajstić information content (AvgIpc) is 2.64. The molecule has 0 radical (unpaired) electrons. The van der Waals surface area contributed by atoms with Gasteiger partial charge in [0, 0.05) is 28.1 Å². The summed E-state index contributed by atoms with van der Waals surface area (Å²) in [6.07, 6.45) is 0.505. The Bertz CT molecular complexity index is 881. The van der Waals surface area contributed by atoms with E-state index in [2.05, 4.69) is 13.8 Å². The van der Waals surface area contributed by atoms with Gasteiger partial charge in [-0.3, -0.25) is 9.88 Å². The third kappa shape index (κ3) is 5.39. The Labute approximate surface area is 180 Å². The quantitative estimate of drug-likeness (QED) is 0.622. The molecule has 2 rings (SSSR count). The molecule has 1 aromatic heterocycles. The molecule has 1 amide bonds. The maximum atomic E-state index is 12.1. The smallest absolute Gasteiger partial charge is 0.408 e. The number of carbonyl (C=O) groups is 1. The highest BCUT2D eigenvalue weighted by Gasteiger charge is 2.30. The molecule has 0 unspecified atom stereocenters. The van der Waals surface area contributed by atoms with Crippen molar-refractivity contribution in [1.82, 2.24) is 9.88 Å². The van der Waals surface area contributed by atoms with Crippen LogP contribution in [0.15, 0.2) is 24.3 Å². The zero-order chi connectivity index (χ0) is 22.6. The molecule has 0 aliphatic rings. The number of aliphatic hydroxyl groups excluding tert-OH is 1. The van der Waals surface area contributed by atoms with Crippen LogP contribution in [0.25, 0.3) is 11.1 Å². The largest absolute Gasteiger partial charge is 0.465 e. The van der Waals surface area contributed by atoms with E-state index >= 15 is 0 Å². The van der Waals surface area contributed by atoms with Crippen molar-refractivity contribution in [3.05, 3.63) is 52.3 Å². The number of aliphatic hydroxyl groups is 1. The molecule has 0 saturated carbocycles. The van der Waals surface area contributed by atoms with Crippen LogP contribution in [0, 0.1) is 12.8 Å². The summed E-state index contributed by atoms with van der Waals surface area (Å²) in [5.74, 6) is 0.375. The molecule has 0 bridgehead atoms. The Balaban J connectivity index is 2.86. The first-order chi connectivity index (χ1) is 14.0. The van der Waals surface area contributed by atoms with Gasteiger partial charge >= 0.3 is 6.09 Å². The molecule has 2 aromatic rings. The first kappa shape index (κ1) is 23.9. The number of aromatic nitrogens is 1. The van der Waals surface area contributed by atoms with Gasteiger partial charge in [-0.05, 0) is 57.6 Å². The fraction of sp³-hybridized carbons (Fsp3) is 0.520. The first-order valence-corrected chi connectivity index (χ1v) is 10.7. The lowest BCUT2D eigenvalue weighted by molar-refractivity contribution is 0.0953. The highest BCUT2D eigenvalue weighted by Crippen LogP contribution is 2.35. The first-order valence-electron chi connectivity index (χ1n) is 10.7. The Morgan fingerprint density at radius 3 is 2.13 bits per heavy atom. The standard InChI is InChI=1S/C25H36N2O3/c1-8-21-20(15-28)23(18-11-9-17(4)10-12-18)19(22(26-21)13-16(2)3)14-27(24(29)30)25(5,6)7/h9-12,16,28H,8,13-15H2,1-7H3,(H,29,30). The Morgan fingerprint density at radius 1 is 1.10 bits per heavy atom. The van der Waals surface area contributed by atoms with E-state index in [1.54, 1.807) is 0 Å². The molecule has 30 heavy (non-hydrogen) atoms. The molecule has 0 aliphatic heterocycles. The minimum atomic E-state index is -0.960. The van der Waals surface area contributed by atoms with Gasteiger partial charge in [0.05, 0.1) is 13.2 Å². The fourth-order valence-electron chi connectivity index (χ4n) is 3.78. The Hall–Kier alpha value is -2.40. The summed E-state index contributed by atoms with van der Waals surface area (Å²) in [5.41, 5.74) is 6.00. The Morgan fingerprint density at radius 2 is 1.70 bits per heavy atom. The van der Waals surface area contributed by atoms with Gasteiger partial charge in [0.2, 0.25) is 0 Å². The molecule has 1 aromatic carbocycles. The lowest BCUT2D eigenvalue weighted by Crippen LogP contribution is -2.44. The van der Waals surface area contributed by atoms with E-state index in [0.717, 1.165) is 45.6 Å². The summed E-state index contributed by atoms with van der Waals surface area (Å²) in [7, 11) is 0. The summed E-state index contributed by atoms with van der Waals surface area (Å²) in [6, 6.07) is 8.20. The maximum Gasteiger partial charge on any atom is 0.408 e. The lowest BCUT2D eigenvalue weighted by Gasteiger charge is -2.35. The van der Waals surface area contributed by atoms with Crippen LogP contribution in [0.1, 0.15) is 69.6 Å². The molecule has 0 fully saturated rings. The van der Waals surface area contributed by atoms with Crippen molar-refractivity contribution in [3.8, 4) is 11.1 Å². The van der Waals surface area contributed by atoms with Crippen molar-refractivity contribution >= 4 is 6.09 Å². The van der Waals surface area contributed by atoms with E-state index < -0.39 is 11.6 Å². The van der Waals surface area contributed by atoms with Gasteiger partial charge < -0.3 is 10.2 Å². The number of pyridine rings is 1. The van der Waals surface area contributed by atoms with E-state index in [0.29, 0.717) is 12.3 Å². The van der Waals surface area contributed by atoms with Crippen molar-refractivity contribution in [2.45, 2.75) is 80.0 Å². The second-order valence-electron chi connectivity index (χ2n) is 9.35. The molecular formula is C25H36N2O3. The van der Waals surface area contributed by atoms with Crippen molar-refractivity contribution in [2.75, 3.05) is 0 Å². The third-order valence-corrected chi connectivity index (χ3v) is 5.36. The third-order valence-electron chi connectivity index (χ3n) is 5.36. The molecule has 1 heterocycles. The number of hydrogen-bond acceptors (Lipinski definition) is 3. The number of hydrogen-bond donors (Lipinski definition) is 2. The van der Waals surface area contributed by atoms with E-state index in [9.17, 15) is 15.0 Å². The summed E-state index contributed by atoms with van der Waals surface area (Å²) in [5, 5.41) is 20.2. The molecule has 5 heteroatoms. The number of aryl methyl sites for hydroxylation is 2. The molecule has 0 saturated heterocycles. The number of benzene rings is 1. The fourth-order valence-corrected chi connectivity index (χ4v) is 3.78. The molecule has 0 aliphatic carbocycles. The van der Waals surface area contributed by atoms with Gasteiger partial charge in [-0.25, -0.2) is 4.79 Å². The van der Waals surface area contributed by atoms with Crippen molar-refractivity contribution in [3.63, 3.8) is 0 Å². The topological polar surface area (TPSA) is 73.7 Å². The van der Waals surface area contributed by atoms with Crippen LogP contribution in [0.2, 0.25) is 0 Å². The van der Waals surface area contributed by atoms with E-state index in [1.807, 2.05) is 58.9 Å². The number of amides is 1. The van der Waals surface area contributed by atoms with Crippen LogP contribution in [-0.4, -0.2) is 31.7 Å². The second-order valence-corrected chi connectivity index (χ2v) is 9.35. The van der Waals surface area contributed by atoms with Crippen LogP contribution < -0.4 is 0 Å². The zero-order valence-corrected chi connectivity index (χ0v) is 19.4. The summed E-state index contributed by atoms with van der Waals surface area (Å²) >= 11 is 0. The zero-order valence-electron chi connectivity index (χ0n) is 19.4. The monoisotopic (exact) mass is 412 g/mol. The predicted octanol–water partition coefficient (Wildman–Crippen LogP) is 5.59. The van der Waals surface area contributed by atoms with Crippen LogP contribution in [0.3, 0.4) is 0 Å².